The molecule has 2 heterocycles. The number of anilines is 1. The third kappa shape index (κ3) is 5.58. The molecule has 2 amide bonds. The van der Waals surface area contributed by atoms with Gasteiger partial charge in [0.2, 0.25) is 0 Å². The van der Waals surface area contributed by atoms with Gasteiger partial charge in [-0.1, -0.05) is 12.1 Å². The lowest BCUT2D eigenvalue weighted by Crippen LogP contribution is -2.48. The fourth-order valence-electron chi connectivity index (χ4n) is 3.29. The molecule has 1 saturated heterocycles. The van der Waals surface area contributed by atoms with Crippen molar-refractivity contribution in [2.24, 2.45) is 5.41 Å². The number of hydrogen-bond acceptors (Lipinski definition) is 6. The van der Waals surface area contributed by atoms with Crippen LogP contribution in [0.4, 0.5) is 10.5 Å². The molecule has 0 atom stereocenters. The molecule has 1 N–H and O–H groups in total. The van der Waals surface area contributed by atoms with Crippen molar-refractivity contribution in [2.75, 3.05) is 45.7 Å². The summed E-state index contributed by atoms with van der Waals surface area (Å²) in [7, 11) is 3.49. The van der Waals surface area contributed by atoms with Gasteiger partial charge in [-0.2, -0.15) is 0 Å². The maximum absolute atomic E-state index is 12.4. The molecule has 1 aromatic carbocycles. The van der Waals surface area contributed by atoms with Crippen molar-refractivity contribution < 1.29 is 14.3 Å². The molecular formula is C22H30N4O3S. The van der Waals surface area contributed by atoms with E-state index in [1.807, 2.05) is 49.2 Å². The van der Waals surface area contributed by atoms with Crippen LogP contribution in [0.3, 0.4) is 0 Å². The van der Waals surface area contributed by atoms with Crippen molar-refractivity contribution in [3.63, 3.8) is 0 Å². The zero-order valence-electron chi connectivity index (χ0n) is 18.1. The molecule has 7 nitrogen and oxygen atoms in total. The Morgan fingerprint density at radius 2 is 1.83 bits per heavy atom. The van der Waals surface area contributed by atoms with E-state index in [0.29, 0.717) is 6.42 Å². The number of urea groups is 1. The molecule has 1 aliphatic rings. The first-order valence-electron chi connectivity index (χ1n) is 10.2. The van der Waals surface area contributed by atoms with Gasteiger partial charge in [0.05, 0.1) is 22.4 Å². The molecule has 1 aliphatic heterocycles. The lowest BCUT2D eigenvalue weighted by Gasteiger charge is -2.32. The van der Waals surface area contributed by atoms with E-state index < -0.39 is 5.41 Å². The minimum absolute atomic E-state index is 0.0517. The quantitative estimate of drug-likeness (QED) is 0.707. The average molecular weight is 431 g/mol. The van der Waals surface area contributed by atoms with Gasteiger partial charge in [-0.3, -0.25) is 4.79 Å². The Kier molecular flexibility index (Phi) is 7.10. The van der Waals surface area contributed by atoms with Gasteiger partial charge in [-0.25, -0.2) is 9.78 Å². The van der Waals surface area contributed by atoms with E-state index in [2.05, 4.69) is 22.2 Å². The van der Waals surface area contributed by atoms with Crippen LogP contribution in [0.1, 0.15) is 25.3 Å². The number of hydrogen-bond donors (Lipinski definition) is 1. The molecule has 0 radical (unpaired) electrons. The molecule has 30 heavy (non-hydrogen) atoms. The average Bonchev–Trinajstić information content (AvgIpc) is 3.22. The number of thiazole rings is 1. The summed E-state index contributed by atoms with van der Waals surface area (Å²) < 4.78 is 4.87. The van der Waals surface area contributed by atoms with Crippen molar-refractivity contribution in [1.29, 1.82) is 0 Å². The summed E-state index contributed by atoms with van der Waals surface area (Å²) >= 11 is 1.63. The molecule has 0 unspecified atom stereocenters. The Hall–Kier alpha value is -2.45. The van der Waals surface area contributed by atoms with Gasteiger partial charge in [-0.05, 0) is 45.0 Å². The Balaban J connectivity index is 1.56. The smallest absolute Gasteiger partial charge is 0.321 e. The highest BCUT2D eigenvalue weighted by Gasteiger charge is 2.28. The van der Waals surface area contributed by atoms with Gasteiger partial charge in [0.25, 0.3) is 0 Å². The highest BCUT2D eigenvalue weighted by molar-refractivity contribution is 7.15. The molecule has 8 heteroatoms. The predicted octanol–water partition coefficient (Wildman–Crippen LogP) is 3.72. The topological polar surface area (TPSA) is 74.8 Å². The summed E-state index contributed by atoms with van der Waals surface area (Å²) in [6.07, 6.45) is 3.28. The first kappa shape index (κ1) is 22.2. The van der Waals surface area contributed by atoms with E-state index in [1.165, 1.54) is 7.11 Å². The second-order valence-electron chi connectivity index (χ2n) is 8.29. The SMILES string of the molecule is COC(=O)C(C)(C)CCc1ncc(-c2ccc(NC(=O)N3CCN(C)CC3)cc2)s1. The fourth-order valence-corrected chi connectivity index (χ4v) is 4.21. The normalized spacial score (nSPS) is 15.1. The number of carbonyl (C=O) groups is 2. The molecule has 0 spiro atoms. The molecular weight excluding hydrogens is 400 g/mol. The first-order valence-corrected chi connectivity index (χ1v) is 11.0. The maximum atomic E-state index is 12.4. The van der Waals surface area contributed by atoms with Crippen LogP contribution in [0.5, 0.6) is 0 Å². The van der Waals surface area contributed by atoms with E-state index in [9.17, 15) is 9.59 Å². The second-order valence-corrected chi connectivity index (χ2v) is 9.41. The number of aromatic nitrogens is 1. The summed E-state index contributed by atoms with van der Waals surface area (Å²) in [5.41, 5.74) is 1.32. The van der Waals surface area contributed by atoms with E-state index in [-0.39, 0.29) is 12.0 Å². The Morgan fingerprint density at radius 1 is 1.17 bits per heavy atom. The van der Waals surface area contributed by atoms with Crippen LogP contribution in [0, 0.1) is 5.41 Å². The number of methoxy groups -OCH3 is 1. The minimum atomic E-state index is -0.524. The number of rotatable bonds is 6. The fraction of sp³-hybridized carbons (Fsp3) is 0.500. The Morgan fingerprint density at radius 3 is 2.47 bits per heavy atom. The molecule has 162 valence electrons. The van der Waals surface area contributed by atoms with Crippen molar-refractivity contribution in [3.05, 3.63) is 35.5 Å². The van der Waals surface area contributed by atoms with Gasteiger partial charge < -0.3 is 19.9 Å². The standard InChI is InChI=1S/C22H30N4O3S/c1-22(2,20(27)29-4)10-9-19-23-15-18(30-19)16-5-7-17(8-6-16)24-21(28)26-13-11-25(3)12-14-26/h5-8,15H,9-14H2,1-4H3,(H,24,28). The highest BCUT2D eigenvalue weighted by atomic mass is 32.1. The largest absolute Gasteiger partial charge is 0.469 e. The number of aryl methyl sites for hydroxylation is 1. The number of nitrogens with zero attached hydrogens (tertiary/aromatic N) is 3. The van der Waals surface area contributed by atoms with Crippen LogP contribution in [-0.4, -0.2) is 67.1 Å². The minimum Gasteiger partial charge on any atom is -0.469 e. The van der Waals surface area contributed by atoms with Gasteiger partial charge in [0.1, 0.15) is 0 Å². The maximum Gasteiger partial charge on any atom is 0.321 e. The molecule has 2 aromatic rings. The lowest BCUT2D eigenvalue weighted by atomic mass is 9.88. The summed E-state index contributed by atoms with van der Waals surface area (Å²) in [5.74, 6) is -0.200. The number of ether oxygens (including phenoxy) is 1. The van der Waals surface area contributed by atoms with Gasteiger partial charge in [-0.15, -0.1) is 11.3 Å². The molecule has 1 aromatic heterocycles. The molecule has 0 saturated carbocycles. The van der Waals surface area contributed by atoms with Gasteiger partial charge >= 0.3 is 12.0 Å². The summed E-state index contributed by atoms with van der Waals surface area (Å²) in [4.78, 5) is 33.9. The van der Waals surface area contributed by atoms with Gasteiger partial charge in [0.15, 0.2) is 0 Å². The number of likely N-dealkylation sites (N-methyl/N-ethyl adjacent to an activating group) is 1. The van der Waals surface area contributed by atoms with E-state index >= 15 is 0 Å². The molecule has 0 aliphatic carbocycles. The predicted molar refractivity (Wildman–Crippen MR) is 120 cm³/mol. The number of esters is 1. The number of nitrogens with one attached hydrogen (secondary N) is 1. The molecule has 1 fully saturated rings. The monoisotopic (exact) mass is 430 g/mol. The van der Waals surface area contributed by atoms with E-state index in [1.54, 1.807) is 11.3 Å². The van der Waals surface area contributed by atoms with Crippen LogP contribution in [0.25, 0.3) is 10.4 Å². The summed E-state index contributed by atoms with van der Waals surface area (Å²) in [6.45, 7) is 7.08. The Bertz CT molecular complexity index is 871. The van der Waals surface area contributed by atoms with Crippen LogP contribution in [-0.2, 0) is 16.0 Å². The highest BCUT2D eigenvalue weighted by Crippen LogP contribution is 2.30. The van der Waals surface area contributed by atoms with Crippen LogP contribution >= 0.6 is 11.3 Å². The first-order chi connectivity index (χ1) is 14.3. The van der Waals surface area contributed by atoms with Crippen molar-refractivity contribution in [3.8, 4) is 10.4 Å². The third-order valence-corrected chi connectivity index (χ3v) is 6.57. The zero-order valence-corrected chi connectivity index (χ0v) is 18.9. The number of piperazine rings is 1. The number of carbonyl (C=O) groups excluding carboxylic acids is 2. The van der Waals surface area contributed by atoms with Crippen molar-refractivity contribution in [1.82, 2.24) is 14.8 Å². The zero-order chi connectivity index (χ0) is 21.7. The van der Waals surface area contributed by atoms with Crippen LogP contribution in [0.2, 0.25) is 0 Å². The van der Waals surface area contributed by atoms with Crippen LogP contribution in [0.15, 0.2) is 30.5 Å². The van der Waals surface area contributed by atoms with Crippen LogP contribution < -0.4 is 5.32 Å². The van der Waals surface area contributed by atoms with Crippen molar-refractivity contribution >= 4 is 29.0 Å². The van der Waals surface area contributed by atoms with Gasteiger partial charge in [0, 0.05) is 44.5 Å². The summed E-state index contributed by atoms with van der Waals surface area (Å²) in [5, 5.41) is 3.97. The third-order valence-electron chi connectivity index (χ3n) is 5.47. The van der Waals surface area contributed by atoms with Crippen molar-refractivity contribution in [2.45, 2.75) is 26.7 Å². The lowest BCUT2D eigenvalue weighted by molar-refractivity contribution is -0.151. The van der Waals surface area contributed by atoms with E-state index in [0.717, 1.165) is 53.7 Å². The van der Waals surface area contributed by atoms with E-state index in [4.69, 9.17) is 4.74 Å². The second kappa shape index (κ2) is 9.57. The number of amides is 2. The summed E-state index contributed by atoms with van der Waals surface area (Å²) in [6, 6.07) is 7.78. The number of benzene rings is 1. The Labute approximate surface area is 182 Å². The molecule has 0 bridgehead atoms. The molecule has 3 rings (SSSR count).